The third kappa shape index (κ3) is 3.26. The maximum Gasteiger partial charge on any atom is 0.0719 e. The van der Waals surface area contributed by atoms with Gasteiger partial charge in [0.1, 0.15) is 0 Å². The molecule has 0 aliphatic heterocycles. The van der Waals surface area contributed by atoms with Crippen LogP contribution in [0.25, 0.3) is 0 Å². The zero-order valence-electron chi connectivity index (χ0n) is 11.6. The van der Waals surface area contributed by atoms with Crippen molar-refractivity contribution in [2.45, 2.75) is 51.6 Å². The summed E-state index contributed by atoms with van der Waals surface area (Å²) in [6.45, 7) is 4.38. The van der Waals surface area contributed by atoms with Crippen LogP contribution in [0.5, 0.6) is 0 Å². The predicted octanol–water partition coefficient (Wildman–Crippen LogP) is 5.11. The number of rotatable bonds is 3. The average molecular weight is 301 g/mol. The van der Waals surface area contributed by atoms with Gasteiger partial charge < -0.3 is 5.11 Å². The first-order chi connectivity index (χ1) is 8.94. The van der Waals surface area contributed by atoms with Crippen molar-refractivity contribution >= 4 is 23.2 Å². The molecule has 1 aliphatic carbocycles. The Kier molecular flexibility index (Phi) is 4.81. The molecule has 2 unspecified atom stereocenters. The van der Waals surface area contributed by atoms with E-state index in [1.165, 1.54) is 6.42 Å². The minimum atomic E-state index is -0.666. The van der Waals surface area contributed by atoms with Gasteiger partial charge in [-0.15, -0.1) is 0 Å². The Labute approximate surface area is 125 Å². The molecular weight excluding hydrogens is 279 g/mol. The molecule has 2 rings (SSSR count). The van der Waals surface area contributed by atoms with E-state index in [4.69, 9.17) is 23.2 Å². The van der Waals surface area contributed by atoms with Crippen LogP contribution in [0.4, 0.5) is 0 Å². The Bertz CT molecular complexity index is 424. The lowest BCUT2D eigenvalue weighted by molar-refractivity contribution is -0.0652. The maximum absolute atomic E-state index is 11.1. The lowest BCUT2D eigenvalue weighted by Crippen LogP contribution is -2.45. The van der Waals surface area contributed by atoms with Gasteiger partial charge >= 0.3 is 0 Å². The van der Waals surface area contributed by atoms with E-state index in [-0.39, 0.29) is 0 Å². The molecule has 1 N–H and O–H groups in total. The molecule has 0 aromatic heterocycles. The van der Waals surface area contributed by atoms with E-state index in [2.05, 4.69) is 13.8 Å². The highest BCUT2D eigenvalue weighted by molar-refractivity contribution is 6.36. The van der Waals surface area contributed by atoms with Gasteiger partial charge in [-0.1, -0.05) is 56.0 Å². The molecule has 1 aromatic rings. The number of aliphatic hydroxyl groups is 1. The number of halogens is 2. The lowest BCUT2D eigenvalue weighted by atomic mass is 9.68. The highest BCUT2D eigenvalue weighted by Crippen LogP contribution is 2.42. The summed E-state index contributed by atoms with van der Waals surface area (Å²) < 4.78 is 0. The van der Waals surface area contributed by atoms with Crippen molar-refractivity contribution in [3.8, 4) is 0 Å². The molecule has 106 valence electrons. The van der Waals surface area contributed by atoms with Gasteiger partial charge in [0.15, 0.2) is 0 Å². The molecule has 0 bridgehead atoms. The molecule has 0 amide bonds. The van der Waals surface area contributed by atoms with Crippen LogP contribution >= 0.6 is 23.2 Å². The van der Waals surface area contributed by atoms with Gasteiger partial charge in [-0.05, 0) is 42.4 Å². The first-order valence-corrected chi connectivity index (χ1v) is 7.85. The van der Waals surface area contributed by atoms with E-state index in [1.807, 2.05) is 18.2 Å². The quantitative estimate of drug-likeness (QED) is 0.822. The Morgan fingerprint density at radius 2 is 1.89 bits per heavy atom. The largest absolute Gasteiger partial charge is 0.389 e. The standard InChI is InChI=1S/C16H22Cl2O/c1-11(2)13-6-3-4-9-16(13,19)10-12-14(17)7-5-8-15(12)18/h5,7-8,11,13,19H,3-4,6,9-10H2,1-2H3. The van der Waals surface area contributed by atoms with E-state index in [0.717, 1.165) is 24.8 Å². The minimum Gasteiger partial charge on any atom is -0.389 e. The van der Waals surface area contributed by atoms with Gasteiger partial charge in [0, 0.05) is 16.5 Å². The summed E-state index contributed by atoms with van der Waals surface area (Å²) in [6, 6.07) is 5.54. The molecule has 1 fully saturated rings. The summed E-state index contributed by atoms with van der Waals surface area (Å²) in [6.07, 6.45) is 4.80. The van der Waals surface area contributed by atoms with Crippen molar-refractivity contribution in [2.24, 2.45) is 11.8 Å². The van der Waals surface area contributed by atoms with Crippen LogP contribution in [0.2, 0.25) is 10.0 Å². The van der Waals surface area contributed by atoms with E-state index in [9.17, 15) is 5.11 Å². The molecule has 1 aliphatic rings. The second kappa shape index (κ2) is 6.03. The molecule has 0 heterocycles. The Hall–Kier alpha value is -0.240. The maximum atomic E-state index is 11.1. The number of benzene rings is 1. The fourth-order valence-corrected chi connectivity index (χ4v) is 3.96. The van der Waals surface area contributed by atoms with Gasteiger partial charge in [-0.2, -0.15) is 0 Å². The monoisotopic (exact) mass is 300 g/mol. The van der Waals surface area contributed by atoms with E-state index < -0.39 is 5.60 Å². The minimum absolute atomic E-state index is 0.327. The second-order valence-electron chi connectivity index (χ2n) is 6.08. The lowest BCUT2D eigenvalue weighted by Gasteiger charge is -2.43. The van der Waals surface area contributed by atoms with Crippen LogP contribution < -0.4 is 0 Å². The van der Waals surface area contributed by atoms with E-state index in [0.29, 0.717) is 28.3 Å². The molecule has 2 atom stereocenters. The zero-order valence-corrected chi connectivity index (χ0v) is 13.1. The Morgan fingerprint density at radius 1 is 1.26 bits per heavy atom. The molecule has 0 saturated heterocycles. The molecule has 0 radical (unpaired) electrons. The van der Waals surface area contributed by atoms with Crippen molar-refractivity contribution in [1.29, 1.82) is 0 Å². The molecule has 19 heavy (non-hydrogen) atoms. The molecular formula is C16H22Cl2O. The first-order valence-electron chi connectivity index (χ1n) is 7.09. The normalized spacial score (nSPS) is 27.8. The average Bonchev–Trinajstić information content (AvgIpc) is 2.34. The fourth-order valence-electron chi connectivity index (χ4n) is 3.43. The molecule has 0 spiro atoms. The van der Waals surface area contributed by atoms with Crippen LogP contribution in [-0.2, 0) is 6.42 Å². The Morgan fingerprint density at radius 3 is 2.47 bits per heavy atom. The summed E-state index contributed by atoms with van der Waals surface area (Å²) in [5.41, 5.74) is 0.224. The van der Waals surface area contributed by atoms with Crippen LogP contribution in [0.1, 0.15) is 45.1 Å². The van der Waals surface area contributed by atoms with E-state index in [1.54, 1.807) is 0 Å². The third-order valence-electron chi connectivity index (χ3n) is 4.41. The SMILES string of the molecule is CC(C)C1CCCCC1(O)Cc1c(Cl)cccc1Cl. The fraction of sp³-hybridized carbons (Fsp3) is 0.625. The number of hydrogen-bond acceptors (Lipinski definition) is 1. The number of hydrogen-bond donors (Lipinski definition) is 1. The zero-order chi connectivity index (χ0) is 14.0. The summed E-state index contributed by atoms with van der Waals surface area (Å²) in [7, 11) is 0. The van der Waals surface area contributed by atoms with Crippen LogP contribution in [-0.4, -0.2) is 10.7 Å². The second-order valence-corrected chi connectivity index (χ2v) is 6.89. The first kappa shape index (κ1) is 15.2. The smallest absolute Gasteiger partial charge is 0.0719 e. The van der Waals surface area contributed by atoms with Gasteiger partial charge in [-0.25, -0.2) is 0 Å². The topological polar surface area (TPSA) is 20.2 Å². The molecule has 1 saturated carbocycles. The van der Waals surface area contributed by atoms with Gasteiger partial charge in [0.2, 0.25) is 0 Å². The molecule has 1 nitrogen and oxygen atoms in total. The summed E-state index contributed by atoms with van der Waals surface area (Å²) in [5, 5.41) is 12.4. The van der Waals surface area contributed by atoms with Gasteiger partial charge in [0.25, 0.3) is 0 Å². The van der Waals surface area contributed by atoms with Crippen molar-refractivity contribution < 1.29 is 5.11 Å². The Balaban J connectivity index is 2.28. The van der Waals surface area contributed by atoms with Gasteiger partial charge in [-0.3, -0.25) is 0 Å². The summed E-state index contributed by atoms with van der Waals surface area (Å²) >= 11 is 12.5. The van der Waals surface area contributed by atoms with Crippen molar-refractivity contribution in [3.63, 3.8) is 0 Å². The summed E-state index contributed by atoms with van der Waals surface area (Å²) in [5.74, 6) is 0.806. The van der Waals surface area contributed by atoms with Crippen molar-refractivity contribution in [1.82, 2.24) is 0 Å². The van der Waals surface area contributed by atoms with Gasteiger partial charge in [0.05, 0.1) is 5.60 Å². The van der Waals surface area contributed by atoms with Crippen LogP contribution in [0, 0.1) is 11.8 Å². The van der Waals surface area contributed by atoms with Crippen molar-refractivity contribution in [3.05, 3.63) is 33.8 Å². The highest BCUT2D eigenvalue weighted by atomic mass is 35.5. The van der Waals surface area contributed by atoms with E-state index >= 15 is 0 Å². The van der Waals surface area contributed by atoms with Crippen LogP contribution in [0.15, 0.2) is 18.2 Å². The highest BCUT2D eigenvalue weighted by Gasteiger charge is 2.41. The summed E-state index contributed by atoms with van der Waals surface area (Å²) in [4.78, 5) is 0. The molecule has 1 aromatic carbocycles. The molecule has 3 heteroatoms. The third-order valence-corrected chi connectivity index (χ3v) is 5.12. The van der Waals surface area contributed by atoms with Crippen LogP contribution in [0.3, 0.4) is 0 Å². The predicted molar refractivity (Wildman–Crippen MR) is 81.9 cm³/mol. The van der Waals surface area contributed by atoms with Crippen molar-refractivity contribution in [2.75, 3.05) is 0 Å².